The van der Waals surface area contributed by atoms with Crippen molar-refractivity contribution in [1.29, 1.82) is 0 Å². The molecule has 132 valence electrons. The number of hydrogen-bond acceptors (Lipinski definition) is 5. The molecular weight excluding hydrogens is 328 g/mol. The van der Waals surface area contributed by atoms with Crippen molar-refractivity contribution in [3.8, 4) is 0 Å². The minimum Gasteiger partial charge on any atom is -0.368 e. The van der Waals surface area contributed by atoms with E-state index in [0.717, 1.165) is 24.1 Å². The highest BCUT2D eigenvalue weighted by molar-refractivity contribution is 6.38. The molecule has 0 spiro atoms. The lowest BCUT2D eigenvalue weighted by atomic mass is 9.74. The molecule has 6 heteroatoms. The molecule has 1 aromatic carbocycles. The molecule has 1 aromatic rings. The van der Waals surface area contributed by atoms with Crippen LogP contribution in [0.25, 0.3) is 5.57 Å². The Morgan fingerprint density at radius 1 is 1.04 bits per heavy atom. The third kappa shape index (κ3) is 2.62. The zero-order valence-corrected chi connectivity index (χ0v) is 14.8. The Bertz CT molecular complexity index is 933. The number of amides is 1. The van der Waals surface area contributed by atoms with E-state index in [9.17, 15) is 9.59 Å². The number of rotatable bonds is 2. The van der Waals surface area contributed by atoms with Crippen LogP contribution in [0.2, 0.25) is 0 Å². The summed E-state index contributed by atoms with van der Waals surface area (Å²) in [4.78, 5) is 37.7. The molecule has 1 aliphatic carbocycles. The van der Waals surface area contributed by atoms with Crippen molar-refractivity contribution in [2.24, 2.45) is 26.6 Å². The minimum absolute atomic E-state index is 0.0896. The third-order valence-corrected chi connectivity index (χ3v) is 5.08. The van der Waals surface area contributed by atoms with Crippen LogP contribution in [0.3, 0.4) is 0 Å². The number of nitrogens with two attached hydrogens (primary N) is 1. The molecule has 2 N–H and O–H groups in total. The molecule has 1 saturated carbocycles. The van der Waals surface area contributed by atoms with Gasteiger partial charge in [0.25, 0.3) is 5.91 Å². The molecule has 3 aliphatic rings. The van der Waals surface area contributed by atoms with Gasteiger partial charge in [0.05, 0.1) is 11.5 Å². The number of nitrogens with zero attached hydrogens (tertiary/aromatic N) is 3. The Labute approximate surface area is 151 Å². The van der Waals surface area contributed by atoms with Gasteiger partial charge < -0.3 is 5.73 Å². The van der Waals surface area contributed by atoms with Crippen molar-refractivity contribution in [2.45, 2.75) is 39.0 Å². The molecule has 1 fully saturated rings. The number of hydrogen-bond donors (Lipinski definition) is 1. The Hall–Kier alpha value is -2.89. The Morgan fingerprint density at radius 2 is 1.77 bits per heavy atom. The fraction of sp³-hybridized carbons (Fsp3) is 0.350. The molecule has 2 heterocycles. The Morgan fingerprint density at radius 3 is 2.46 bits per heavy atom. The second-order valence-corrected chi connectivity index (χ2v) is 7.13. The Kier molecular flexibility index (Phi) is 3.90. The van der Waals surface area contributed by atoms with E-state index >= 15 is 0 Å². The number of guanidine groups is 1. The third-order valence-electron chi connectivity index (χ3n) is 5.08. The van der Waals surface area contributed by atoms with Crippen molar-refractivity contribution in [1.82, 2.24) is 0 Å². The zero-order chi connectivity index (χ0) is 18.4. The van der Waals surface area contributed by atoms with E-state index in [1.165, 1.54) is 5.56 Å². The maximum Gasteiger partial charge on any atom is 0.284 e. The van der Waals surface area contributed by atoms with Gasteiger partial charge in [-0.1, -0.05) is 38.1 Å². The number of carbonyl (C=O) groups excluding carboxylic acids is 2. The molecule has 0 bridgehead atoms. The number of carbonyl (C=O) groups is 2. The number of Topliss-reactive ketones (excluding diaryl/α,β-unsaturated/α-hetero) is 1. The van der Waals surface area contributed by atoms with Gasteiger partial charge in [-0.15, -0.1) is 0 Å². The second kappa shape index (κ2) is 6.12. The lowest BCUT2D eigenvalue weighted by Gasteiger charge is -2.31. The van der Waals surface area contributed by atoms with Gasteiger partial charge in [0.1, 0.15) is 5.78 Å². The van der Waals surface area contributed by atoms with Crippen LogP contribution in [-0.2, 0) is 9.59 Å². The van der Waals surface area contributed by atoms with E-state index in [-0.39, 0.29) is 17.6 Å². The number of ketones is 1. The first kappa shape index (κ1) is 16.6. The van der Waals surface area contributed by atoms with Crippen molar-refractivity contribution in [3.63, 3.8) is 0 Å². The first-order chi connectivity index (χ1) is 12.5. The molecule has 0 radical (unpaired) electrons. The summed E-state index contributed by atoms with van der Waals surface area (Å²) in [6.45, 7) is 4.25. The summed E-state index contributed by atoms with van der Waals surface area (Å²) >= 11 is 0. The maximum atomic E-state index is 12.7. The van der Waals surface area contributed by atoms with Crippen LogP contribution in [0.5, 0.6) is 0 Å². The summed E-state index contributed by atoms with van der Waals surface area (Å²) in [6, 6.07) is 8.01. The molecule has 2 aliphatic heterocycles. The van der Waals surface area contributed by atoms with Gasteiger partial charge in [0.15, 0.2) is 5.84 Å². The van der Waals surface area contributed by atoms with Gasteiger partial charge in [-0.3, -0.25) is 9.59 Å². The highest BCUT2D eigenvalue weighted by Crippen LogP contribution is 2.39. The lowest BCUT2D eigenvalue weighted by molar-refractivity contribution is -0.120. The highest BCUT2D eigenvalue weighted by atomic mass is 16.1. The van der Waals surface area contributed by atoms with Crippen LogP contribution in [0.1, 0.15) is 50.2 Å². The van der Waals surface area contributed by atoms with Crippen LogP contribution < -0.4 is 5.73 Å². The summed E-state index contributed by atoms with van der Waals surface area (Å²) in [5, 5.41) is 0. The number of dihydropyridines is 1. The van der Waals surface area contributed by atoms with Crippen molar-refractivity contribution in [2.75, 3.05) is 0 Å². The first-order valence-electron chi connectivity index (χ1n) is 8.88. The van der Waals surface area contributed by atoms with Gasteiger partial charge in [-0.05, 0) is 35.5 Å². The summed E-state index contributed by atoms with van der Waals surface area (Å²) in [5.74, 6) is -0.267. The lowest BCUT2D eigenvalue weighted by Crippen LogP contribution is -2.38. The van der Waals surface area contributed by atoms with Crippen molar-refractivity contribution >= 4 is 34.8 Å². The number of allylic oxidation sites excluding steroid dienone is 1. The Balaban J connectivity index is 1.92. The van der Waals surface area contributed by atoms with Gasteiger partial charge >= 0.3 is 0 Å². The van der Waals surface area contributed by atoms with Crippen molar-refractivity contribution < 1.29 is 9.59 Å². The standard InChI is InChI=1S/C20H20N4O2/c1-10(2)11-6-8-12(9-7-11)15-16-13(4-3-5-14(16)25)22-18-17(15)19(26)24-20(21)23-18/h6-10,16H,3-5H2,1-2H3,(H2,21,24,26). The first-order valence-corrected chi connectivity index (χ1v) is 8.88. The monoisotopic (exact) mass is 348 g/mol. The fourth-order valence-electron chi connectivity index (χ4n) is 3.77. The maximum absolute atomic E-state index is 12.7. The predicted molar refractivity (Wildman–Crippen MR) is 101 cm³/mol. The van der Waals surface area contributed by atoms with Gasteiger partial charge in [-0.25, -0.2) is 4.99 Å². The van der Waals surface area contributed by atoms with E-state index in [0.29, 0.717) is 23.5 Å². The van der Waals surface area contributed by atoms with E-state index in [1.807, 2.05) is 24.3 Å². The number of amidine groups is 1. The molecule has 1 amide bonds. The molecule has 0 aromatic heterocycles. The van der Waals surface area contributed by atoms with Crippen molar-refractivity contribution in [3.05, 3.63) is 41.0 Å². The average molecular weight is 348 g/mol. The number of benzene rings is 1. The van der Waals surface area contributed by atoms with E-state index in [1.54, 1.807) is 0 Å². The smallest absolute Gasteiger partial charge is 0.284 e. The van der Waals surface area contributed by atoms with E-state index in [2.05, 4.69) is 28.8 Å². The molecular formula is C20H20N4O2. The molecule has 4 rings (SSSR count). The fourth-order valence-corrected chi connectivity index (χ4v) is 3.77. The quantitative estimate of drug-likeness (QED) is 0.889. The number of fused-ring (bicyclic) bond motifs is 2. The SMILES string of the molecule is CC(C)c1ccc(C2=C3C(=O)N=C(N)N=C3N=C3CCCC(=O)C32)cc1. The van der Waals surface area contributed by atoms with E-state index < -0.39 is 11.8 Å². The van der Waals surface area contributed by atoms with Crippen LogP contribution in [0, 0.1) is 5.92 Å². The molecule has 1 unspecified atom stereocenters. The minimum atomic E-state index is -0.485. The van der Waals surface area contributed by atoms with Crippen LogP contribution in [0.4, 0.5) is 0 Å². The van der Waals surface area contributed by atoms with Gasteiger partial charge in [0, 0.05) is 12.1 Å². The topological polar surface area (TPSA) is 97.2 Å². The summed E-state index contributed by atoms with van der Waals surface area (Å²) in [6.07, 6.45) is 1.99. The number of aliphatic imine (C=N–C) groups is 3. The molecule has 0 saturated heterocycles. The van der Waals surface area contributed by atoms with Crippen LogP contribution in [-0.4, -0.2) is 29.2 Å². The predicted octanol–water partition coefficient (Wildman–Crippen LogP) is 2.64. The van der Waals surface area contributed by atoms with Crippen LogP contribution >= 0.6 is 0 Å². The summed E-state index contributed by atoms with van der Waals surface area (Å²) in [5.41, 5.74) is 9.44. The normalized spacial score (nSPS) is 22.6. The van der Waals surface area contributed by atoms with Gasteiger partial charge in [0.2, 0.25) is 5.96 Å². The largest absolute Gasteiger partial charge is 0.368 e. The molecule has 26 heavy (non-hydrogen) atoms. The average Bonchev–Trinajstić information content (AvgIpc) is 2.60. The van der Waals surface area contributed by atoms with E-state index in [4.69, 9.17) is 5.73 Å². The van der Waals surface area contributed by atoms with Crippen LogP contribution in [0.15, 0.2) is 44.8 Å². The zero-order valence-electron chi connectivity index (χ0n) is 14.8. The molecule has 6 nitrogen and oxygen atoms in total. The second-order valence-electron chi connectivity index (χ2n) is 7.13. The molecule has 1 atom stereocenters. The highest BCUT2D eigenvalue weighted by Gasteiger charge is 2.41. The summed E-state index contributed by atoms with van der Waals surface area (Å²) in [7, 11) is 0. The summed E-state index contributed by atoms with van der Waals surface area (Å²) < 4.78 is 0. The van der Waals surface area contributed by atoms with Gasteiger partial charge in [-0.2, -0.15) is 9.98 Å².